The fraction of sp³-hybridized carbons (Fsp3) is 0.318. The van der Waals surface area contributed by atoms with Gasteiger partial charge in [0.15, 0.2) is 23.0 Å². The first-order chi connectivity index (χ1) is 14.1. The zero-order valence-corrected chi connectivity index (χ0v) is 16.4. The highest BCUT2D eigenvalue weighted by atomic mass is 16.7. The van der Waals surface area contributed by atoms with Crippen LogP contribution in [0.4, 0.5) is 0 Å². The fourth-order valence-electron chi connectivity index (χ4n) is 4.30. The molecule has 0 N–H and O–H groups in total. The Morgan fingerprint density at radius 1 is 0.897 bits per heavy atom. The molecule has 3 aliphatic rings. The van der Waals surface area contributed by atoms with Gasteiger partial charge in [0.2, 0.25) is 12.5 Å². The fourth-order valence-corrected chi connectivity index (χ4v) is 4.30. The van der Waals surface area contributed by atoms with Crippen molar-refractivity contribution in [2.45, 2.75) is 6.42 Å². The third-order valence-corrected chi connectivity index (χ3v) is 5.60. The van der Waals surface area contributed by atoms with Crippen molar-refractivity contribution in [3.05, 3.63) is 46.5 Å². The Morgan fingerprint density at radius 3 is 2.24 bits per heavy atom. The molecule has 1 saturated heterocycles. The van der Waals surface area contributed by atoms with Crippen LogP contribution in [0, 0.1) is 5.92 Å². The van der Waals surface area contributed by atoms with E-state index in [1.54, 1.807) is 21.3 Å². The van der Waals surface area contributed by atoms with Gasteiger partial charge in [-0.25, -0.2) is 4.79 Å². The van der Waals surface area contributed by atoms with Gasteiger partial charge in [0.25, 0.3) is 0 Å². The summed E-state index contributed by atoms with van der Waals surface area (Å²) in [5, 5.41) is 0. The van der Waals surface area contributed by atoms with Crippen LogP contribution in [0.25, 0.3) is 5.57 Å². The van der Waals surface area contributed by atoms with E-state index in [1.807, 2.05) is 24.3 Å². The van der Waals surface area contributed by atoms with Gasteiger partial charge in [-0.15, -0.1) is 0 Å². The van der Waals surface area contributed by atoms with Gasteiger partial charge in [0, 0.05) is 11.5 Å². The lowest BCUT2D eigenvalue weighted by molar-refractivity contribution is -0.135. The Labute approximate surface area is 167 Å². The van der Waals surface area contributed by atoms with Gasteiger partial charge in [-0.2, -0.15) is 0 Å². The van der Waals surface area contributed by atoms with Crippen molar-refractivity contribution < 1.29 is 33.2 Å². The first-order valence-electron chi connectivity index (χ1n) is 9.29. The van der Waals surface area contributed by atoms with Crippen LogP contribution >= 0.6 is 0 Å². The van der Waals surface area contributed by atoms with Gasteiger partial charge < -0.3 is 28.4 Å². The second kappa shape index (κ2) is 6.62. The topological polar surface area (TPSA) is 72.5 Å². The van der Waals surface area contributed by atoms with Crippen molar-refractivity contribution in [2.24, 2.45) is 5.92 Å². The van der Waals surface area contributed by atoms with Crippen molar-refractivity contribution in [1.29, 1.82) is 0 Å². The molecule has 29 heavy (non-hydrogen) atoms. The maximum absolute atomic E-state index is 12.6. The molecular weight excluding hydrogens is 376 g/mol. The van der Waals surface area contributed by atoms with Gasteiger partial charge in [-0.3, -0.25) is 0 Å². The summed E-state index contributed by atoms with van der Waals surface area (Å²) in [6, 6.07) is 7.64. The van der Waals surface area contributed by atoms with Crippen molar-refractivity contribution in [1.82, 2.24) is 0 Å². The van der Waals surface area contributed by atoms with Crippen LogP contribution in [0.15, 0.2) is 29.8 Å². The van der Waals surface area contributed by atoms with Crippen LogP contribution < -0.4 is 23.7 Å². The number of hydrogen-bond donors (Lipinski definition) is 0. The lowest BCUT2D eigenvalue weighted by Gasteiger charge is -2.25. The molecule has 0 spiro atoms. The predicted octanol–water partition coefficient (Wildman–Crippen LogP) is 2.97. The van der Waals surface area contributed by atoms with Crippen LogP contribution in [-0.4, -0.2) is 40.7 Å². The normalized spacial score (nSPS) is 18.9. The van der Waals surface area contributed by atoms with E-state index >= 15 is 0 Å². The summed E-state index contributed by atoms with van der Waals surface area (Å²) in [5.74, 6) is 2.63. The van der Waals surface area contributed by atoms with E-state index in [0.717, 1.165) is 28.0 Å². The summed E-state index contributed by atoms with van der Waals surface area (Å²) < 4.78 is 33.0. The van der Waals surface area contributed by atoms with E-state index in [2.05, 4.69) is 0 Å². The Balaban J connectivity index is 1.78. The number of rotatable bonds is 4. The minimum atomic E-state index is -0.290. The van der Waals surface area contributed by atoms with E-state index in [-0.39, 0.29) is 18.7 Å². The van der Waals surface area contributed by atoms with Gasteiger partial charge in [0.1, 0.15) is 0 Å². The van der Waals surface area contributed by atoms with Crippen LogP contribution in [0.5, 0.6) is 28.7 Å². The standard InChI is InChI=1S/C22H20O7/c1-24-17-6-12(7-18(25-2)21(17)26-3)19-14-8-16-15(28-10-29-16)5-11(14)4-13-9-27-22(23)20(13)19/h5-8,13H,4,9-10H2,1-3H3/t13-/m0/s1. The third-order valence-electron chi connectivity index (χ3n) is 5.60. The molecule has 0 aromatic heterocycles. The molecule has 0 radical (unpaired) electrons. The number of carbonyl (C=O) groups excluding carboxylic acids is 1. The van der Waals surface area contributed by atoms with Crippen LogP contribution in [0.3, 0.4) is 0 Å². The number of carbonyl (C=O) groups is 1. The smallest absolute Gasteiger partial charge is 0.335 e. The summed E-state index contributed by atoms with van der Waals surface area (Å²) in [6.45, 7) is 0.565. The highest BCUT2D eigenvalue weighted by molar-refractivity contribution is 6.05. The molecule has 2 aliphatic heterocycles. The average molecular weight is 396 g/mol. The number of cyclic esters (lactones) is 1. The molecule has 0 unspecified atom stereocenters. The molecule has 2 aromatic rings. The molecule has 1 aliphatic carbocycles. The first kappa shape index (κ1) is 17.7. The molecule has 0 saturated carbocycles. The number of esters is 1. The van der Waals surface area contributed by atoms with Crippen LogP contribution in [0.2, 0.25) is 0 Å². The highest BCUT2D eigenvalue weighted by Gasteiger charge is 2.39. The summed E-state index contributed by atoms with van der Waals surface area (Å²) in [4.78, 5) is 12.6. The number of ether oxygens (including phenoxy) is 6. The van der Waals surface area contributed by atoms with Gasteiger partial charge in [0.05, 0.1) is 33.5 Å². The van der Waals surface area contributed by atoms with Crippen molar-refractivity contribution in [3.63, 3.8) is 0 Å². The average Bonchev–Trinajstić information content (AvgIpc) is 3.35. The van der Waals surface area contributed by atoms with Gasteiger partial charge in [-0.05, 0) is 47.4 Å². The van der Waals surface area contributed by atoms with Crippen molar-refractivity contribution in [2.75, 3.05) is 34.7 Å². The van der Waals surface area contributed by atoms with E-state index in [9.17, 15) is 4.79 Å². The lowest BCUT2D eigenvalue weighted by atomic mass is 9.77. The summed E-state index contributed by atoms with van der Waals surface area (Å²) >= 11 is 0. The zero-order valence-electron chi connectivity index (χ0n) is 16.4. The molecule has 1 atom stereocenters. The maximum Gasteiger partial charge on any atom is 0.335 e. The van der Waals surface area contributed by atoms with Crippen molar-refractivity contribution in [3.8, 4) is 28.7 Å². The van der Waals surface area contributed by atoms with Crippen LogP contribution in [0.1, 0.15) is 16.7 Å². The second-order valence-electron chi connectivity index (χ2n) is 7.06. The van der Waals surface area contributed by atoms with Gasteiger partial charge >= 0.3 is 5.97 Å². The van der Waals surface area contributed by atoms with Crippen LogP contribution in [-0.2, 0) is 16.0 Å². The highest BCUT2D eigenvalue weighted by Crippen LogP contribution is 2.49. The molecule has 5 rings (SSSR count). The Hall–Kier alpha value is -3.35. The van der Waals surface area contributed by atoms with Gasteiger partial charge in [-0.1, -0.05) is 0 Å². The van der Waals surface area contributed by atoms with E-state index in [0.29, 0.717) is 41.6 Å². The summed E-state index contributed by atoms with van der Waals surface area (Å²) in [6.07, 6.45) is 0.709. The van der Waals surface area contributed by atoms with Crippen molar-refractivity contribution >= 4 is 11.5 Å². The first-order valence-corrected chi connectivity index (χ1v) is 9.29. The second-order valence-corrected chi connectivity index (χ2v) is 7.06. The third kappa shape index (κ3) is 2.61. The molecule has 150 valence electrons. The molecule has 2 aromatic carbocycles. The molecular formula is C22H20O7. The SMILES string of the molecule is COc1cc(C2=C3C(=O)OC[C@@H]3Cc3cc4c(cc32)OCO4)cc(OC)c1OC. The summed E-state index contributed by atoms with van der Waals surface area (Å²) in [5.41, 5.74) is 4.28. The molecule has 7 heteroatoms. The number of methoxy groups -OCH3 is 3. The molecule has 2 heterocycles. The largest absolute Gasteiger partial charge is 0.493 e. The zero-order chi connectivity index (χ0) is 20.1. The number of hydrogen-bond acceptors (Lipinski definition) is 7. The van der Waals surface area contributed by atoms with E-state index in [4.69, 9.17) is 28.4 Å². The minimum absolute atomic E-state index is 0.00976. The van der Waals surface area contributed by atoms with E-state index in [1.165, 1.54) is 0 Å². The Morgan fingerprint density at radius 2 is 1.59 bits per heavy atom. The summed E-state index contributed by atoms with van der Waals surface area (Å²) in [7, 11) is 4.69. The van der Waals surface area contributed by atoms with E-state index < -0.39 is 0 Å². The quantitative estimate of drug-likeness (QED) is 0.736. The molecule has 0 bridgehead atoms. The predicted molar refractivity (Wildman–Crippen MR) is 103 cm³/mol. The minimum Gasteiger partial charge on any atom is -0.493 e. The molecule has 7 nitrogen and oxygen atoms in total. The monoisotopic (exact) mass is 396 g/mol. The maximum atomic E-state index is 12.6. The lowest BCUT2D eigenvalue weighted by Crippen LogP contribution is -2.17. The molecule has 0 amide bonds. The molecule has 1 fully saturated rings. The Bertz CT molecular complexity index is 1030. The number of benzene rings is 2. The Kier molecular flexibility index (Phi) is 4.04. The number of fused-ring (bicyclic) bond motifs is 3.